The van der Waals surface area contributed by atoms with Crippen LogP contribution in [0.25, 0.3) is 0 Å². The summed E-state index contributed by atoms with van der Waals surface area (Å²) < 4.78 is 11.3. The molecule has 0 aromatic carbocycles. The number of amides is 1. The third-order valence-electron chi connectivity index (χ3n) is 16.7. The molecule has 1 aliphatic heterocycles. The second-order valence-corrected chi connectivity index (χ2v) is 24.3. The quantitative estimate of drug-likeness (QED) is 0.0261. The molecule has 1 saturated heterocycles. The van der Waals surface area contributed by atoms with E-state index < -0.39 is 49.5 Å². The van der Waals surface area contributed by atoms with Crippen LogP contribution in [0.15, 0.2) is 36.5 Å². The normalized spacial score (nSPS) is 18.7. The Balaban J connectivity index is 2.13. The van der Waals surface area contributed by atoms with E-state index in [4.69, 9.17) is 9.47 Å². The van der Waals surface area contributed by atoms with Crippen molar-refractivity contribution in [2.45, 2.75) is 391 Å². The summed E-state index contributed by atoms with van der Waals surface area (Å²) in [6.07, 6.45) is 72.4. The van der Waals surface area contributed by atoms with Gasteiger partial charge in [-0.2, -0.15) is 0 Å². The molecule has 9 heteroatoms. The van der Waals surface area contributed by atoms with Gasteiger partial charge in [0.2, 0.25) is 5.91 Å². The monoisotopic (exact) mass is 1120 g/mol. The predicted molar refractivity (Wildman–Crippen MR) is 337 cm³/mol. The van der Waals surface area contributed by atoms with Crippen molar-refractivity contribution in [2.24, 2.45) is 0 Å². The minimum Gasteiger partial charge on any atom is -0.394 e. The summed E-state index contributed by atoms with van der Waals surface area (Å²) >= 11 is 0. The fourth-order valence-electron chi connectivity index (χ4n) is 11.3. The van der Waals surface area contributed by atoms with E-state index in [9.17, 15) is 30.3 Å². The Morgan fingerprint density at radius 3 is 1.09 bits per heavy atom. The Morgan fingerprint density at radius 1 is 0.430 bits per heavy atom. The van der Waals surface area contributed by atoms with Gasteiger partial charge in [0.15, 0.2) is 6.29 Å². The third-order valence-corrected chi connectivity index (χ3v) is 16.7. The van der Waals surface area contributed by atoms with Crippen LogP contribution >= 0.6 is 0 Å². The standard InChI is InChI=1S/C70H133NO8/c1-3-5-7-9-11-13-15-17-19-21-23-25-27-29-31-32-34-36-38-40-42-44-46-48-50-52-54-56-58-60-66(74)71-63(62-78-70-69(77)68(76)67(75)65(61-72)79-70)64(73)59-57-55-53-51-49-47-45-43-41-39-37-35-33-30-28-26-24-22-20-18-16-14-12-10-8-6-4-2/h15,17,21,23,57,59,63-65,67-70,72-73,75-77H,3-14,16,18-20,22,24-56,58,60-62H2,1-2H3,(H,71,74)/b17-15-,23-21-,59-57+. The minimum atomic E-state index is -1.57. The van der Waals surface area contributed by atoms with Crippen LogP contribution in [0.3, 0.4) is 0 Å². The van der Waals surface area contributed by atoms with Crippen molar-refractivity contribution in [3.63, 3.8) is 0 Å². The van der Waals surface area contributed by atoms with E-state index in [0.29, 0.717) is 6.42 Å². The van der Waals surface area contributed by atoms with Crippen molar-refractivity contribution < 1.29 is 39.8 Å². The largest absolute Gasteiger partial charge is 0.394 e. The maximum atomic E-state index is 13.1. The average molecular weight is 1120 g/mol. The summed E-state index contributed by atoms with van der Waals surface area (Å²) in [7, 11) is 0. The SMILES string of the molecule is CCCCCCC/C=C\C/C=C\CCCCCCCCCCCCCCCCCCCC(=O)NC(COC1OC(CO)C(O)C(O)C1O)C(O)/C=C/CCCCCCCCCCCCCCCCCCCCCCCCCCC. The van der Waals surface area contributed by atoms with Crippen molar-refractivity contribution in [1.82, 2.24) is 5.32 Å². The van der Waals surface area contributed by atoms with Crippen molar-refractivity contribution in [3.05, 3.63) is 36.5 Å². The number of aliphatic hydroxyl groups excluding tert-OH is 5. The molecular formula is C70H133NO8. The zero-order valence-electron chi connectivity index (χ0n) is 52.2. The Kier molecular flexibility index (Phi) is 56.9. The first kappa shape index (κ1) is 75.4. The first-order chi connectivity index (χ1) is 38.8. The molecule has 7 atom stereocenters. The van der Waals surface area contributed by atoms with Crippen LogP contribution in [0.1, 0.15) is 348 Å². The summed E-state index contributed by atoms with van der Waals surface area (Å²) in [5.74, 6) is -0.170. The van der Waals surface area contributed by atoms with Crippen molar-refractivity contribution >= 4 is 5.91 Å². The molecule has 0 bridgehead atoms. The average Bonchev–Trinajstić information content (AvgIpc) is 3.47. The van der Waals surface area contributed by atoms with Gasteiger partial charge in [0.05, 0.1) is 25.4 Å². The fourth-order valence-corrected chi connectivity index (χ4v) is 11.3. The Hall–Kier alpha value is -1.59. The maximum absolute atomic E-state index is 13.1. The first-order valence-corrected chi connectivity index (χ1v) is 34.7. The van der Waals surface area contributed by atoms with E-state index in [-0.39, 0.29) is 12.5 Å². The van der Waals surface area contributed by atoms with Gasteiger partial charge in [-0.25, -0.2) is 0 Å². The van der Waals surface area contributed by atoms with Crippen LogP contribution in [0.4, 0.5) is 0 Å². The summed E-state index contributed by atoms with van der Waals surface area (Å²) in [6, 6.07) is -0.805. The highest BCUT2D eigenvalue weighted by molar-refractivity contribution is 5.76. The molecule has 0 aromatic heterocycles. The molecule has 0 radical (unpaired) electrons. The summed E-state index contributed by atoms with van der Waals surface area (Å²) in [5, 5.41) is 54.8. The number of hydrogen-bond acceptors (Lipinski definition) is 8. The number of carbonyl (C=O) groups excluding carboxylic acids is 1. The number of nitrogens with one attached hydrogen (secondary N) is 1. The third kappa shape index (κ3) is 48.5. The zero-order chi connectivity index (χ0) is 57.2. The topological polar surface area (TPSA) is 149 Å². The molecule has 0 aliphatic carbocycles. The van der Waals surface area contributed by atoms with E-state index in [1.165, 1.54) is 283 Å². The lowest BCUT2D eigenvalue weighted by molar-refractivity contribution is -0.302. The lowest BCUT2D eigenvalue weighted by Crippen LogP contribution is -2.60. The van der Waals surface area contributed by atoms with E-state index in [2.05, 4.69) is 43.5 Å². The molecule has 1 fully saturated rings. The molecule has 1 rings (SSSR count). The number of unbranched alkanes of at least 4 members (excludes halogenated alkanes) is 47. The fraction of sp³-hybridized carbons (Fsp3) is 0.900. The molecule has 0 saturated carbocycles. The minimum absolute atomic E-state index is 0.170. The number of allylic oxidation sites excluding steroid dienone is 5. The molecule has 1 heterocycles. The lowest BCUT2D eigenvalue weighted by atomic mass is 9.99. The molecule has 0 spiro atoms. The van der Waals surface area contributed by atoms with Crippen LogP contribution in [0, 0.1) is 0 Å². The number of hydrogen-bond donors (Lipinski definition) is 6. The Morgan fingerprint density at radius 2 is 0.747 bits per heavy atom. The summed E-state index contributed by atoms with van der Waals surface area (Å²) in [6.45, 7) is 3.82. The molecular weight excluding hydrogens is 983 g/mol. The maximum Gasteiger partial charge on any atom is 0.220 e. The van der Waals surface area contributed by atoms with Crippen LogP contribution in [0.2, 0.25) is 0 Å². The van der Waals surface area contributed by atoms with Gasteiger partial charge in [-0.3, -0.25) is 4.79 Å². The van der Waals surface area contributed by atoms with Crippen LogP contribution in [0.5, 0.6) is 0 Å². The van der Waals surface area contributed by atoms with Gasteiger partial charge in [0.1, 0.15) is 24.4 Å². The summed E-state index contributed by atoms with van der Waals surface area (Å²) in [5.41, 5.74) is 0. The van der Waals surface area contributed by atoms with Crippen molar-refractivity contribution in [1.29, 1.82) is 0 Å². The van der Waals surface area contributed by atoms with Gasteiger partial charge < -0.3 is 40.3 Å². The van der Waals surface area contributed by atoms with Crippen LogP contribution in [-0.2, 0) is 14.3 Å². The van der Waals surface area contributed by atoms with E-state index >= 15 is 0 Å². The Bertz CT molecular complexity index is 1340. The number of carbonyl (C=O) groups is 1. The zero-order valence-corrected chi connectivity index (χ0v) is 52.2. The van der Waals surface area contributed by atoms with E-state index in [0.717, 1.165) is 44.9 Å². The lowest BCUT2D eigenvalue weighted by Gasteiger charge is -2.40. The smallest absolute Gasteiger partial charge is 0.220 e. The second kappa shape index (κ2) is 59.6. The van der Waals surface area contributed by atoms with Gasteiger partial charge in [-0.15, -0.1) is 0 Å². The molecule has 1 aliphatic rings. The van der Waals surface area contributed by atoms with Crippen LogP contribution in [-0.4, -0.2) is 87.5 Å². The molecule has 7 unspecified atom stereocenters. The van der Waals surface area contributed by atoms with Gasteiger partial charge in [-0.05, 0) is 51.4 Å². The van der Waals surface area contributed by atoms with Crippen molar-refractivity contribution in [2.75, 3.05) is 13.2 Å². The molecule has 6 N–H and O–H groups in total. The van der Waals surface area contributed by atoms with E-state index in [1.807, 2.05) is 6.08 Å². The van der Waals surface area contributed by atoms with E-state index in [1.54, 1.807) is 6.08 Å². The van der Waals surface area contributed by atoms with Crippen molar-refractivity contribution in [3.8, 4) is 0 Å². The summed E-state index contributed by atoms with van der Waals surface area (Å²) in [4.78, 5) is 13.1. The molecule has 79 heavy (non-hydrogen) atoms. The molecule has 1 amide bonds. The highest BCUT2D eigenvalue weighted by Gasteiger charge is 2.44. The highest BCUT2D eigenvalue weighted by Crippen LogP contribution is 2.23. The molecule has 466 valence electrons. The van der Waals surface area contributed by atoms with Crippen LogP contribution < -0.4 is 5.32 Å². The van der Waals surface area contributed by atoms with Gasteiger partial charge >= 0.3 is 0 Å². The van der Waals surface area contributed by atoms with Gasteiger partial charge in [0, 0.05) is 6.42 Å². The second-order valence-electron chi connectivity index (χ2n) is 24.3. The predicted octanol–water partition coefficient (Wildman–Crippen LogP) is 18.6. The highest BCUT2D eigenvalue weighted by atomic mass is 16.7. The van der Waals surface area contributed by atoms with Gasteiger partial charge in [0.25, 0.3) is 0 Å². The Labute approximate surface area is 489 Å². The number of aliphatic hydroxyl groups is 5. The molecule has 9 nitrogen and oxygen atoms in total. The number of rotatable bonds is 61. The first-order valence-electron chi connectivity index (χ1n) is 34.7. The number of ether oxygens (including phenoxy) is 2. The molecule has 0 aromatic rings. The van der Waals surface area contributed by atoms with Gasteiger partial charge in [-0.1, -0.05) is 326 Å².